The molecule has 1 N–H and O–H groups in total. The van der Waals surface area contributed by atoms with Gasteiger partial charge in [-0.3, -0.25) is 4.79 Å². The van der Waals surface area contributed by atoms with Crippen LogP contribution in [0.15, 0.2) is 52.0 Å². The van der Waals surface area contributed by atoms with Crippen LogP contribution in [0.25, 0.3) is 11.0 Å². The van der Waals surface area contributed by atoms with Gasteiger partial charge in [0.25, 0.3) is 0 Å². The summed E-state index contributed by atoms with van der Waals surface area (Å²) in [6, 6.07) is 13.2. The number of halogens is 1. The largest absolute Gasteiger partial charge is 0.451 e. The fourth-order valence-electron chi connectivity index (χ4n) is 4.53. The van der Waals surface area contributed by atoms with Crippen LogP contribution in [0, 0.1) is 0 Å². The minimum atomic E-state index is -0.399. The highest BCUT2D eigenvalue weighted by molar-refractivity contribution is 6.31. The molecule has 1 amide bonds. The minimum Gasteiger partial charge on any atom is -0.451 e. The van der Waals surface area contributed by atoms with E-state index in [-0.39, 0.29) is 11.3 Å². The number of hydrogen-bond acceptors (Lipinski definition) is 4. The summed E-state index contributed by atoms with van der Waals surface area (Å²) in [6.45, 7) is 10.0. The number of carbonyl (C=O) groups is 1. The highest BCUT2D eigenvalue weighted by atomic mass is 35.5. The second-order valence-electron chi connectivity index (χ2n) is 8.47. The van der Waals surface area contributed by atoms with Gasteiger partial charge in [0.15, 0.2) is 5.76 Å². The Morgan fingerprint density at radius 1 is 1.30 bits per heavy atom. The fourth-order valence-corrected chi connectivity index (χ4v) is 4.71. The van der Waals surface area contributed by atoms with E-state index in [0.717, 1.165) is 23.9 Å². The summed E-state index contributed by atoms with van der Waals surface area (Å²) in [5.74, 6) is 0.260. The summed E-state index contributed by atoms with van der Waals surface area (Å²) in [6.07, 6.45) is 2.77. The molecule has 6 heteroatoms. The standard InChI is InChI=1S/C24H26ClN3O2/c1-5-28-20-8-6-16(10-19(20)15(2)13-24(28,3)4)14-26-27-23(29)22-12-17-11-18(25)7-9-21(17)30-22/h6-12,14-15H,5,13H2,1-4H3,(H,27,29)/b26-14-. The highest BCUT2D eigenvalue weighted by Crippen LogP contribution is 2.43. The third kappa shape index (κ3) is 3.82. The predicted molar refractivity (Wildman–Crippen MR) is 123 cm³/mol. The van der Waals surface area contributed by atoms with Gasteiger partial charge in [0.05, 0.1) is 6.21 Å². The number of fused-ring (bicyclic) bond motifs is 2. The van der Waals surface area contributed by atoms with E-state index in [0.29, 0.717) is 16.5 Å². The number of nitrogens with one attached hydrogen (secondary N) is 1. The Kier molecular flexibility index (Phi) is 5.33. The lowest BCUT2D eigenvalue weighted by molar-refractivity contribution is 0.0929. The molecular formula is C24H26ClN3O2. The van der Waals surface area contributed by atoms with E-state index in [9.17, 15) is 4.79 Å². The molecule has 0 fully saturated rings. The molecule has 0 saturated heterocycles. The van der Waals surface area contributed by atoms with Crippen molar-refractivity contribution in [3.8, 4) is 0 Å². The first kappa shape index (κ1) is 20.5. The topological polar surface area (TPSA) is 57.8 Å². The van der Waals surface area contributed by atoms with E-state index in [1.165, 1.54) is 11.3 Å². The zero-order chi connectivity index (χ0) is 21.5. The molecule has 0 radical (unpaired) electrons. The van der Waals surface area contributed by atoms with Gasteiger partial charge < -0.3 is 9.32 Å². The van der Waals surface area contributed by atoms with Crippen LogP contribution >= 0.6 is 11.6 Å². The van der Waals surface area contributed by atoms with Crippen LogP contribution in [-0.4, -0.2) is 24.2 Å². The molecule has 1 unspecified atom stereocenters. The molecule has 4 rings (SSSR count). The maximum atomic E-state index is 12.4. The van der Waals surface area contributed by atoms with Gasteiger partial charge >= 0.3 is 5.91 Å². The first-order chi connectivity index (χ1) is 14.3. The van der Waals surface area contributed by atoms with Crippen molar-refractivity contribution in [3.63, 3.8) is 0 Å². The molecular weight excluding hydrogens is 398 g/mol. The van der Waals surface area contributed by atoms with Crippen molar-refractivity contribution in [2.45, 2.75) is 45.6 Å². The molecule has 156 valence electrons. The summed E-state index contributed by atoms with van der Waals surface area (Å²) in [5, 5.41) is 5.50. The number of anilines is 1. The SMILES string of the molecule is CCN1c2ccc(/C=N\NC(=O)c3cc4cc(Cl)ccc4o3)cc2C(C)CC1(C)C. The van der Waals surface area contributed by atoms with Crippen molar-refractivity contribution in [1.82, 2.24) is 5.43 Å². The van der Waals surface area contributed by atoms with Crippen LogP contribution in [0.5, 0.6) is 0 Å². The highest BCUT2D eigenvalue weighted by Gasteiger charge is 2.35. The lowest BCUT2D eigenvalue weighted by atomic mass is 9.79. The van der Waals surface area contributed by atoms with Crippen molar-refractivity contribution in [3.05, 3.63) is 64.4 Å². The van der Waals surface area contributed by atoms with Crippen LogP contribution in [0.4, 0.5) is 5.69 Å². The Labute approximate surface area is 181 Å². The maximum Gasteiger partial charge on any atom is 0.307 e. The van der Waals surface area contributed by atoms with Crippen LogP contribution in [0.1, 0.15) is 61.7 Å². The van der Waals surface area contributed by atoms with E-state index in [1.54, 1.807) is 30.5 Å². The number of hydrazone groups is 1. The van der Waals surface area contributed by atoms with Gasteiger partial charge in [0, 0.05) is 28.2 Å². The molecule has 2 aromatic carbocycles. The third-order valence-corrected chi connectivity index (χ3v) is 6.04. The molecule has 3 aromatic rings. The Hall–Kier alpha value is -2.79. The number of rotatable bonds is 4. The van der Waals surface area contributed by atoms with Crippen molar-refractivity contribution < 1.29 is 9.21 Å². The van der Waals surface area contributed by atoms with Gasteiger partial charge in [-0.05, 0) is 80.6 Å². The molecule has 1 aliphatic heterocycles. The molecule has 5 nitrogen and oxygen atoms in total. The Morgan fingerprint density at radius 2 is 2.10 bits per heavy atom. The number of carbonyl (C=O) groups excluding carboxylic acids is 1. The maximum absolute atomic E-state index is 12.4. The second kappa shape index (κ2) is 7.80. The van der Waals surface area contributed by atoms with Crippen LogP contribution in [0.2, 0.25) is 5.02 Å². The summed E-state index contributed by atoms with van der Waals surface area (Å²) < 4.78 is 5.57. The quantitative estimate of drug-likeness (QED) is 0.416. The monoisotopic (exact) mass is 423 g/mol. The Balaban J connectivity index is 1.50. The Bertz CT molecular complexity index is 1130. The average Bonchev–Trinajstić information content (AvgIpc) is 3.11. The number of benzene rings is 2. The van der Waals surface area contributed by atoms with Gasteiger partial charge in [-0.25, -0.2) is 5.43 Å². The second-order valence-corrected chi connectivity index (χ2v) is 8.91. The van der Waals surface area contributed by atoms with Gasteiger partial charge in [-0.2, -0.15) is 5.10 Å². The number of nitrogens with zero attached hydrogens (tertiary/aromatic N) is 2. The number of furan rings is 1. The van der Waals surface area contributed by atoms with E-state index >= 15 is 0 Å². The predicted octanol–water partition coefficient (Wildman–Crippen LogP) is 5.96. The molecule has 0 spiro atoms. The van der Waals surface area contributed by atoms with E-state index in [1.807, 2.05) is 6.07 Å². The molecule has 1 atom stereocenters. The molecule has 0 aliphatic carbocycles. The average molecular weight is 424 g/mol. The summed E-state index contributed by atoms with van der Waals surface area (Å²) >= 11 is 5.98. The lowest BCUT2D eigenvalue weighted by Crippen LogP contribution is -2.48. The molecule has 2 heterocycles. The first-order valence-corrected chi connectivity index (χ1v) is 10.6. The third-order valence-electron chi connectivity index (χ3n) is 5.81. The number of hydrogen-bond donors (Lipinski definition) is 1. The van der Waals surface area contributed by atoms with Gasteiger partial charge in [0.1, 0.15) is 5.58 Å². The zero-order valence-electron chi connectivity index (χ0n) is 17.7. The van der Waals surface area contributed by atoms with Crippen molar-refractivity contribution in [2.75, 3.05) is 11.4 Å². The van der Waals surface area contributed by atoms with Crippen molar-refractivity contribution in [2.24, 2.45) is 5.10 Å². The smallest absolute Gasteiger partial charge is 0.307 e. The normalized spacial score (nSPS) is 18.0. The van der Waals surface area contributed by atoms with Gasteiger partial charge in [0.2, 0.25) is 0 Å². The summed E-state index contributed by atoms with van der Waals surface area (Å²) in [4.78, 5) is 14.8. The van der Waals surface area contributed by atoms with Crippen LogP contribution < -0.4 is 10.3 Å². The van der Waals surface area contributed by atoms with E-state index in [2.05, 4.69) is 55.3 Å². The van der Waals surface area contributed by atoms with E-state index in [4.69, 9.17) is 16.0 Å². The number of amides is 1. The minimum absolute atomic E-state index is 0.140. The van der Waals surface area contributed by atoms with Crippen LogP contribution in [-0.2, 0) is 0 Å². The van der Waals surface area contributed by atoms with Gasteiger partial charge in [-0.15, -0.1) is 0 Å². The Morgan fingerprint density at radius 3 is 2.87 bits per heavy atom. The van der Waals surface area contributed by atoms with Crippen molar-refractivity contribution in [1.29, 1.82) is 0 Å². The first-order valence-electron chi connectivity index (χ1n) is 10.2. The van der Waals surface area contributed by atoms with Crippen molar-refractivity contribution >= 4 is 40.4 Å². The summed E-state index contributed by atoms with van der Waals surface area (Å²) in [7, 11) is 0. The molecule has 0 saturated carbocycles. The molecule has 0 bridgehead atoms. The van der Waals surface area contributed by atoms with E-state index < -0.39 is 5.91 Å². The summed E-state index contributed by atoms with van der Waals surface area (Å²) in [5.41, 5.74) is 6.85. The van der Waals surface area contributed by atoms with Gasteiger partial charge in [-0.1, -0.05) is 24.6 Å². The molecule has 30 heavy (non-hydrogen) atoms. The molecule has 1 aliphatic rings. The molecule has 1 aromatic heterocycles. The van der Waals surface area contributed by atoms with Crippen LogP contribution in [0.3, 0.4) is 0 Å². The lowest BCUT2D eigenvalue weighted by Gasteiger charge is -2.47. The fraction of sp³-hybridized carbons (Fsp3) is 0.333. The zero-order valence-corrected chi connectivity index (χ0v) is 18.5.